The molecule has 0 atom stereocenters. The number of fused-ring (bicyclic) bond motifs is 1. The van der Waals surface area contributed by atoms with E-state index in [1.165, 1.54) is 4.90 Å². The van der Waals surface area contributed by atoms with Crippen LogP contribution in [-0.2, 0) is 0 Å². The Kier molecular flexibility index (Phi) is 5.47. The molecule has 3 aromatic heterocycles. The second-order valence-corrected chi connectivity index (χ2v) is 8.69. The maximum absolute atomic E-state index is 12.5. The van der Waals surface area contributed by atoms with Crippen LogP contribution in [0.25, 0.3) is 32.2 Å². The molecule has 5 nitrogen and oxygen atoms in total. The number of rotatable bonds is 6. The summed E-state index contributed by atoms with van der Waals surface area (Å²) in [5.41, 5.74) is 3.87. The fourth-order valence-corrected chi connectivity index (χ4v) is 4.32. The number of thiophene rings is 2. The second kappa shape index (κ2) is 8.18. The lowest BCUT2D eigenvalue weighted by Crippen LogP contribution is -3.06. The molecular formula is C21H21N4OS2+. The minimum atomic E-state index is -0.0787. The van der Waals surface area contributed by atoms with Crippen LogP contribution in [0.2, 0.25) is 0 Å². The summed E-state index contributed by atoms with van der Waals surface area (Å²) in [6, 6.07) is 13.7. The summed E-state index contributed by atoms with van der Waals surface area (Å²) in [5.74, 6) is -0.0787. The van der Waals surface area contributed by atoms with Crippen LogP contribution in [0.15, 0.2) is 53.2 Å². The fourth-order valence-electron chi connectivity index (χ4n) is 2.89. The molecule has 1 aromatic carbocycles. The fraction of sp³-hybridized carbons (Fsp3) is 0.190. The second-order valence-electron chi connectivity index (χ2n) is 6.79. The number of aromatic nitrogens is 2. The summed E-state index contributed by atoms with van der Waals surface area (Å²) in [6.07, 6.45) is 0. The van der Waals surface area contributed by atoms with E-state index in [2.05, 4.69) is 31.5 Å². The Morgan fingerprint density at radius 1 is 0.964 bits per heavy atom. The van der Waals surface area contributed by atoms with Crippen molar-refractivity contribution < 1.29 is 9.69 Å². The van der Waals surface area contributed by atoms with Gasteiger partial charge >= 0.3 is 0 Å². The van der Waals surface area contributed by atoms with E-state index >= 15 is 0 Å². The number of carbonyl (C=O) groups is 1. The first-order valence-corrected chi connectivity index (χ1v) is 10.8. The largest absolute Gasteiger partial charge is 0.346 e. The molecule has 2 N–H and O–H groups in total. The van der Waals surface area contributed by atoms with E-state index < -0.39 is 0 Å². The lowest BCUT2D eigenvalue weighted by Gasteiger charge is -2.10. The van der Waals surface area contributed by atoms with Crippen molar-refractivity contribution in [1.29, 1.82) is 0 Å². The number of nitrogens with one attached hydrogen (secondary N) is 2. The molecule has 4 rings (SSSR count). The number of hydrogen-bond donors (Lipinski definition) is 2. The van der Waals surface area contributed by atoms with Gasteiger partial charge in [-0.2, -0.15) is 0 Å². The van der Waals surface area contributed by atoms with Crippen molar-refractivity contribution in [1.82, 2.24) is 15.3 Å². The third-order valence-corrected chi connectivity index (χ3v) is 6.10. The minimum Gasteiger partial charge on any atom is -0.346 e. The number of nitrogens with zero attached hydrogens (tertiary/aromatic N) is 2. The first-order valence-electron chi connectivity index (χ1n) is 9.08. The van der Waals surface area contributed by atoms with Crippen LogP contribution in [0.5, 0.6) is 0 Å². The Morgan fingerprint density at radius 2 is 1.61 bits per heavy atom. The molecule has 0 aliphatic heterocycles. The summed E-state index contributed by atoms with van der Waals surface area (Å²) in [7, 11) is 4.13. The van der Waals surface area contributed by atoms with E-state index in [4.69, 9.17) is 9.97 Å². The van der Waals surface area contributed by atoms with Crippen LogP contribution in [0.1, 0.15) is 10.4 Å². The first-order chi connectivity index (χ1) is 13.6. The molecule has 142 valence electrons. The predicted molar refractivity (Wildman–Crippen MR) is 116 cm³/mol. The molecular weight excluding hydrogens is 388 g/mol. The van der Waals surface area contributed by atoms with Gasteiger partial charge in [0.15, 0.2) is 0 Å². The zero-order valence-corrected chi connectivity index (χ0v) is 17.4. The molecule has 0 saturated carbocycles. The summed E-state index contributed by atoms with van der Waals surface area (Å²) >= 11 is 3.29. The van der Waals surface area contributed by atoms with Gasteiger partial charge in [-0.25, -0.2) is 9.97 Å². The van der Waals surface area contributed by atoms with Crippen molar-refractivity contribution >= 4 is 39.6 Å². The standard InChI is InChI=1S/C21H20N4OS2/c1-25(2)10-9-22-21(26)14-7-8-15-16(13-14)24-20(18-6-4-12-28-18)19(23-15)17-5-3-11-27-17/h3-8,11-13H,9-10H2,1-2H3,(H,22,26)/p+1. The van der Waals surface area contributed by atoms with E-state index in [-0.39, 0.29) is 5.91 Å². The molecule has 0 spiro atoms. The highest BCUT2D eigenvalue weighted by molar-refractivity contribution is 7.14. The molecule has 0 bridgehead atoms. The lowest BCUT2D eigenvalue weighted by molar-refractivity contribution is -0.856. The van der Waals surface area contributed by atoms with Crippen LogP contribution in [0.3, 0.4) is 0 Å². The van der Waals surface area contributed by atoms with Gasteiger partial charge in [0, 0.05) is 5.56 Å². The number of benzene rings is 1. The highest BCUT2D eigenvalue weighted by atomic mass is 32.1. The van der Waals surface area contributed by atoms with Crippen LogP contribution < -0.4 is 10.2 Å². The topological polar surface area (TPSA) is 59.3 Å². The van der Waals surface area contributed by atoms with Gasteiger partial charge in [0.2, 0.25) is 0 Å². The van der Waals surface area contributed by atoms with Crippen molar-refractivity contribution in [3.63, 3.8) is 0 Å². The highest BCUT2D eigenvalue weighted by Gasteiger charge is 2.16. The molecule has 0 saturated heterocycles. The Morgan fingerprint density at radius 3 is 2.18 bits per heavy atom. The SMILES string of the molecule is C[NH+](C)CCNC(=O)c1ccc2nc(-c3cccs3)c(-c3cccs3)nc2c1. The third-order valence-electron chi connectivity index (χ3n) is 4.35. The monoisotopic (exact) mass is 409 g/mol. The number of hydrogen-bond acceptors (Lipinski definition) is 5. The van der Waals surface area contributed by atoms with E-state index in [1.807, 2.05) is 41.1 Å². The van der Waals surface area contributed by atoms with E-state index in [1.54, 1.807) is 22.7 Å². The number of quaternary nitrogens is 1. The number of carbonyl (C=O) groups excluding carboxylic acids is 1. The Bertz CT molecular complexity index is 1090. The van der Waals surface area contributed by atoms with Crippen molar-refractivity contribution in [2.24, 2.45) is 0 Å². The quantitative estimate of drug-likeness (QED) is 0.515. The van der Waals surface area contributed by atoms with Gasteiger partial charge in [0.25, 0.3) is 5.91 Å². The molecule has 0 fully saturated rings. The molecule has 1 amide bonds. The lowest BCUT2D eigenvalue weighted by atomic mass is 10.1. The van der Waals surface area contributed by atoms with Crippen LogP contribution in [-0.4, -0.2) is 43.1 Å². The van der Waals surface area contributed by atoms with E-state index in [9.17, 15) is 4.79 Å². The molecule has 0 unspecified atom stereocenters. The summed E-state index contributed by atoms with van der Waals surface area (Å²) in [6.45, 7) is 1.52. The predicted octanol–water partition coefficient (Wildman–Crippen LogP) is 2.96. The van der Waals surface area contributed by atoms with Crippen molar-refractivity contribution in [2.75, 3.05) is 27.2 Å². The van der Waals surface area contributed by atoms with Crippen molar-refractivity contribution in [2.45, 2.75) is 0 Å². The van der Waals surface area contributed by atoms with Gasteiger partial charge in [0.1, 0.15) is 11.4 Å². The van der Waals surface area contributed by atoms with E-state index in [0.29, 0.717) is 12.1 Å². The zero-order valence-electron chi connectivity index (χ0n) is 15.7. The van der Waals surface area contributed by atoms with Gasteiger partial charge in [-0.15, -0.1) is 22.7 Å². The number of likely N-dealkylation sites (N-methyl/N-ethyl adjacent to an activating group) is 1. The molecule has 0 radical (unpaired) electrons. The molecule has 0 aliphatic carbocycles. The van der Waals surface area contributed by atoms with Gasteiger partial charge < -0.3 is 10.2 Å². The zero-order chi connectivity index (χ0) is 19.5. The first kappa shape index (κ1) is 18.7. The Labute approximate surface area is 171 Å². The summed E-state index contributed by atoms with van der Waals surface area (Å²) < 4.78 is 0. The highest BCUT2D eigenvalue weighted by Crippen LogP contribution is 2.35. The molecule has 4 aromatic rings. The third kappa shape index (κ3) is 3.96. The van der Waals surface area contributed by atoms with Crippen molar-refractivity contribution in [3.8, 4) is 21.1 Å². The van der Waals surface area contributed by atoms with Crippen LogP contribution in [0, 0.1) is 0 Å². The molecule has 0 aliphatic rings. The van der Waals surface area contributed by atoms with Gasteiger partial charge in [-0.1, -0.05) is 12.1 Å². The normalized spacial score (nSPS) is 11.2. The molecule has 28 heavy (non-hydrogen) atoms. The van der Waals surface area contributed by atoms with Crippen LogP contribution in [0.4, 0.5) is 0 Å². The van der Waals surface area contributed by atoms with Crippen LogP contribution >= 0.6 is 22.7 Å². The maximum Gasteiger partial charge on any atom is 0.251 e. The maximum atomic E-state index is 12.5. The average molecular weight is 410 g/mol. The molecule has 3 heterocycles. The van der Waals surface area contributed by atoms with E-state index in [0.717, 1.165) is 38.7 Å². The smallest absolute Gasteiger partial charge is 0.251 e. The van der Waals surface area contributed by atoms with Gasteiger partial charge in [-0.05, 0) is 41.1 Å². The molecule has 7 heteroatoms. The Balaban J connectivity index is 1.73. The summed E-state index contributed by atoms with van der Waals surface area (Å²) in [4.78, 5) is 25.7. The minimum absolute atomic E-state index is 0.0787. The average Bonchev–Trinajstić information content (AvgIpc) is 3.40. The van der Waals surface area contributed by atoms with Crippen molar-refractivity contribution in [3.05, 3.63) is 58.8 Å². The number of amides is 1. The summed E-state index contributed by atoms with van der Waals surface area (Å²) in [5, 5.41) is 7.05. The van der Waals surface area contributed by atoms with Gasteiger partial charge in [0.05, 0.1) is 48.0 Å². The Hall–Kier alpha value is -2.61. The van der Waals surface area contributed by atoms with Gasteiger partial charge in [-0.3, -0.25) is 4.79 Å².